The van der Waals surface area contributed by atoms with Gasteiger partial charge < -0.3 is 10.1 Å². The lowest BCUT2D eigenvalue weighted by molar-refractivity contribution is -0.155. The molecule has 0 radical (unpaired) electrons. The summed E-state index contributed by atoms with van der Waals surface area (Å²) in [6.45, 7) is 3.66. The van der Waals surface area contributed by atoms with Crippen LogP contribution in [0.2, 0.25) is 0 Å². The molecule has 20 heavy (non-hydrogen) atoms. The number of carbonyl (C=O) groups is 2. The molecule has 1 heterocycles. The highest BCUT2D eigenvalue weighted by Crippen LogP contribution is 2.43. The van der Waals surface area contributed by atoms with E-state index in [1.807, 2.05) is 0 Å². The van der Waals surface area contributed by atoms with E-state index in [0.29, 0.717) is 6.42 Å². The first-order valence-corrected chi connectivity index (χ1v) is 8.05. The summed E-state index contributed by atoms with van der Waals surface area (Å²) in [7, 11) is 0. The van der Waals surface area contributed by atoms with Crippen LogP contribution in [0.1, 0.15) is 71.6 Å². The number of ether oxygens (including phenoxy) is 1. The Kier molecular flexibility index (Phi) is 5.06. The van der Waals surface area contributed by atoms with Crippen molar-refractivity contribution in [2.75, 3.05) is 0 Å². The van der Waals surface area contributed by atoms with Gasteiger partial charge in [-0.3, -0.25) is 9.59 Å². The topological polar surface area (TPSA) is 55.4 Å². The van der Waals surface area contributed by atoms with Gasteiger partial charge in [-0.1, -0.05) is 19.8 Å². The Labute approximate surface area is 121 Å². The molecule has 0 aromatic heterocycles. The van der Waals surface area contributed by atoms with Crippen LogP contribution in [0.15, 0.2) is 0 Å². The van der Waals surface area contributed by atoms with Crippen molar-refractivity contribution >= 4 is 11.9 Å². The molecule has 4 nitrogen and oxygen atoms in total. The van der Waals surface area contributed by atoms with Gasteiger partial charge in [0.25, 0.3) is 0 Å². The van der Waals surface area contributed by atoms with Crippen molar-refractivity contribution in [3.63, 3.8) is 0 Å². The van der Waals surface area contributed by atoms with Crippen molar-refractivity contribution in [3.05, 3.63) is 0 Å². The molecule has 4 heteroatoms. The molecule has 2 fully saturated rings. The number of piperidine rings is 1. The maximum absolute atomic E-state index is 11.9. The molecule has 114 valence electrons. The van der Waals surface area contributed by atoms with Crippen LogP contribution >= 0.6 is 0 Å². The summed E-state index contributed by atoms with van der Waals surface area (Å²) in [5.41, 5.74) is -0.122. The lowest BCUT2D eigenvalue weighted by atomic mass is 9.65. The first kappa shape index (κ1) is 15.3. The number of hydrogen-bond donors (Lipinski definition) is 1. The fourth-order valence-corrected chi connectivity index (χ4v) is 4.03. The van der Waals surface area contributed by atoms with E-state index in [4.69, 9.17) is 4.74 Å². The molecule has 3 unspecified atom stereocenters. The van der Waals surface area contributed by atoms with Crippen molar-refractivity contribution in [2.45, 2.75) is 83.3 Å². The number of hydrogen-bond acceptors (Lipinski definition) is 3. The average molecular weight is 281 g/mol. The summed E-state index contributed by atoms with van der Waals surface area (Å²) < 4.78 is 5.57. The van der Waals surface area contributed by atoms with Crippen molar-refractivity contribution in [2.24, 2.45) is 5.92 Å². The molecular formula is C16H27NO3. The molecule has 1 saturated heterocycles. The predicted molar refractivity (Wildman–Crippen MR) is 77.1 cm³/mol. The van der Waals surface area contributed by atoms with Gasteiger partial charge in [-0.2, -0.15) is 0 Å². The van der Waals surface area contributed by atoms with Crippen LogP contribution in [0.4, 0.5) is 0 Å². The molecule has 1 aliphatic heterocycles. The van der Waals surface area contributed by atoms with Gasteiger partial charge >= 0.3 is 5.97 Å². The Bertz CT molecular complexity index is 365. The summed E-state index contributed by atoms with van der Waals surface area (Å²) in [6, 6.07) is 0. The Hall–Kier alpha value is -1.06. The maximum atomic E-state index is 11.9. The van der Waals surface area contributed by atoms with Gasteiger partial charge in [-0.05, 0) is 38.5 Å². The predicted octanol–water partition coefficient (Wildman–Crippen LogP) is 2.95. The summed E-state index contributed by atoms with van der Waals surface area (Å²) >= 11 is 0. The number of rotatable bonds is 4. The molecular weight excluding hydrogens is 254 g/mol. The first-order valence-electron chi connectivity index (χ1n) is 8.05. The molecule has 2 aliphatic rings. The third-order valence-corrected chi connectivity index (χ3v) is 4.87. The summed E-state index contributed by atoms with van der Waals surface area (Å²) in [5.74, 6) is 0.251. The van der Waals surface area contributed by atoms with E-state index in [-0.39, 0.29) is 29.4 Å². The van der Waals surface area contributed by atoms with Gasteiger partial charge in [0.15, 0.2) is 0 Å². The Morgan fingerprint density at radius 3 is 2.80 bits per heavy atom. The van der Waals surface area contributed by atoms with Crippen LogP contribution < -0.4 is 5.32 Å². The van der Waals surface area contributed by atoms with Crippen molar-refractivity contribution in [3.8, 4) is 0 Å². The minimum absolute atomic E-state index is 0.0220. The zero-order valence-corrected chi connectivity index (χ0v) is 12.7. The van der Waals surface area contributed by atoms with E-state index in [1.54, 1.807) is 0 Å². The lowest BCUT2D eigenvalue weighted by Crippen LogP contribution is -2.61. The zero-order chi connectivity index (χ0) is 14.6. The van der Waals surface area contributed by atoms with Gasteiger partial charge in [0.05, 0.1) is 0 Å². The molecule has 0 bridgehead atoms. The van der Waals surface area contributed by atoms with Crippen LogP contribution in [0, 0.1) is 5.92 Å². The number of nitrogens with one attached hydrogen (secondary N) is 1. The summed E-state index contributed by atoms with van der Waals surface area (Å²) in [6.07, 6.45) is 8.90. The van der Waals surface area contributed by atoms with Gasteiger partial charge in [-0.25, -0.2) is 0 Å². The molecule has 2 rings (SSSR count). The molecule has 0 aromatic carbocycles. The largest absolute Gasteiger partial charge is 0.462 e. The molecule has 3 atom stereocenters. The molecule has 1 aliphatic carbocycles. The fraction of sp³-hybridized carbons (Fsp3) is 0.875. The second kappa shape index (κ2) is 6.59. The van der Waals surface area contributed by atoms with Gasteiger partial charge in [0.1, 0.15) is 6.10 Å². The zero-order valence-electron chi connectivity index (χ0n) is 12.7. The first-order chi connectivity index (χ1) is 9.57. The van der Waals surface area contributed by atoms with Crippen LogP contribution in [0.25, 0.3) is 0 Å². The number of unbranched alkanes of at least 4 members (excludes halogenated alkanes) is 1. The molecule has 0 aromatic rings. The standard InChI is InChI=1S/C16H27NO3/c1-3-4-7-13-14(20-12(2)18)8-5-10-16(13)11-6-9-15(19)17-16/h13-14H,3-11H2,1-2H3,(H,17,19). The summed E-state index contributed by atoms with van der Waals surface area (Å²) in [4.78, 5) is 23.2. The fourth-order valence-electron chi connectivity index (χ4n) is 4.03. The second-order valence-corrected chi connectivity index (χ2v) is 6.35. The van der Waals surface area contributed by atoms with E-state index in [9.17, 15) is 9.59 Å². The smallest absolute Gasteiger partial charge is 0.302 e. The average Bonchev–Trinajstić information content (AvgIpc) is 2.37. The van der Waals surface area contributed by atoms with Gasteiger partial charge in [-0.15, -0.1) is 0 Å². The van der Waals surface area contributed by atoms with Gasteiger partial charge in [0, 0.05) is 24.8 Å². The minimum atomic E-state index is -0.198. The van der Waals surface area contributed by atoms with E-state index in [2.05, 4.69) is 12.2 Å². The summed E-state index contributed by atoms with van der Waals surface area (Å²) in [5, 5.41) is 3.26. The van der Waals surface area contributed by atoms with E-state index < -0.39 is 0 Å². The highest BCUT2D eigenvalue weighted by molar-refractivity contribution is 5.77. The second-order valence-electron chi connectivity index (χ2n) is 6.35. The van der Waals surface area contributed by atoms with Crippen molar-refractivity contribution in [1.82, 2.24) is 5.32 Å². The Morgan fingerprint density at radius 1 is 1.40 bits per heavy atom. The monoisotopic (exact) mass is 281 g/mol. The molecule has 1 N–H and O–H groups in total. The van der Waals surface area contributed by atoms with E-state index >= 15 is 0 Å². The molecule has 1 amide bonds. The number of carbonyl (C=O) groups excluding carboxylic acids is 2. The van der Waals surface area contributed by atoms with E-state index in [1.165, 1.54) is 6.92 Å². The normalized spacial score (nSPS) is 33.8. The van der Waals surface area contributed by atoms with Gasteiger partial charge in [0.2, 0.25) is 5.91 Å². The Balaban J connectivity index is 2.17. The van der Waals surface area contributed by atoms with Crippen LogP contribution in [0.3, 0.4) is 0 Å². The quantitative estimate of drug-likeness (QED) is 0.806. The third-order valence-electron chi connectivity index (χ3n) is 4.87. The molecule has 1 saturated carbocycles. The van der Waals surface area contributed by atoms with E-state index in [0.717, 1.165) is 51.4 Å². The van der Waals surface area contributed by atoms with Crippen LogP contribution in [-0.2, 0) is 14.3 Å². The third kappa shape index (κ3) is 3.33. The molecule has 1 spiro atoms. The Morgan fingerprint density at radius 2 is 2.15 bits per heavy atom. The highest BCUT2D eigenvalue weighted by atomic mass is 16.5. The number of esters is 1. The lowest BCUT2D eigenvalue weighted by Gasteiger charge is -2.50. The minimum Gasteiger partial charge on any atom is -0.462 e. The highest BCUT2D eigenvalue weighted by Gasteiger charge is 2.48. The van der Waals surface area contributed by atoms with Crippen molar-refractivity contribution < 1.29 is 14.3 Å². The van der Waals surface area contributed by atoms with Crippen LogP contribution in [-0.4, -0.2) is 23.5 Å². The maximum Gasteiger partial charge on any atom is 0.302 e. The SMILES string of the molecule is CCCCC1C(OC(C)=O)CCCC12CCCC(=O)N2. The number of amides is 1. The van der Waals surface area contributed by atoms with Crippen LogP contribution in [0.5, 0.6) is 0 Å². The van der Waals surface area contributed by atoms with Crippen molar-refractivity contribution in [1.29, 1.82) is 0 Å².